The molecule has 0 saturated heterocycles. The molecule has 0 bridgehead atoms. The smallest absolute Gasteiger partial charge is 0.123 e. The van der Waals surface area contributed by atoms with E-state index < -0.39 is 0 Å². The molecule has 1 N–H and O–H groups in total. The summed E-state index contributed by atoms with van der Waals surface area (Å²) in [6.45, 7) is 0.742. The molecule has 1 aromatic heterocycles. The number of nitrogens with one attached hydrogen (secondary N) is 1. The van der Waals surface area contributed by atoms with Crippen molar-refractivity contribution in [3.63, 3.8) is 0 Å². The standard InChI is InChI=1S/C11H11FN2S/c1-13-6-10-7-15-11(14-10)8-3-2-4-9(12)5-8/h2-5,7,13H,6H2,1H3. The van der Waals surface area contributed by atoms with Gasteiger partial charge >= 0.3 is 0 Å². The van der Waals surface area contributed by atoms with Gasteiger partial charge in [-0.05, 0) is 19.2 Å². The summed E-state index contributed by atoms with van der Waals surface area (Å²) in [5, 5.41) is 5.87. The van der Waals surface area contributed by atoms with Crippen LogP contribution in [0.2, 0.25) is 0 Å². The first-order chi connectivity index (χ1) is 7.29. The average molecular weight is 222 g/mol. The van der Waals surface area contributed by atoms with Gasteiger partial charge in [0.25, 0.3) is 0 Å². The van der Waals surface area contributed by atoms with Gasteiger partial charge in [0.1, 0.15) is 10.8 Å². The van der Waals surface area contributed by atoms with E-state index in [0.717, 1.165) is 22.8 Å². The summed E-state index contributed by atoms with van der Waals surface area (Å²) in [4.78, 5) is 4.40. The largest absolute Gasteiger partial charge is 0.314 e. The third kappa shape index (κ3) is 2.40. The minimum atomic E-state index is -0.224. The monoisotopic (exact) mass is 222 g/mol. The molecule has 0 fully saturated rings. The third-order valence-corrected chi connectivity index (χ3v) is 2.92. The molecule has 2 nitrogen and oxygen atoms in total. The lowest BCUT2D eigenvalue weighted by Gasteiger charge is -1.95. The first-order valence-corrected chi connectivity index (χ1v) is 5.52. The van der Waals surface area contributed by atoms with Crippen LogP contribution < -0.4 is 5.32 Å². The normalized spacial score (nSPS) is 10.5. The van der Waals surface area contributed by atoms with E-state index in [1.54, 1.807) is 6.07 Å². The van der Waals surface area contributed by atoms with Gasteiger partial charge in [-0.2, -0.15) is 0 Å². The molecule has 4 heteroatoms. The fourth-order valence-corrected chi connectivity index (χ4v) is 2.14. The molecule has 78 valence electrons. The highest BCUT2D eigenvalue weighted by Crippen LogP contribution is 2.23. The van der Waals surface area contributed by atoms with E-state index in [1.807, 2.05) is 18.5 Å². The van der Waals surface area contributed by atoms with E-state index >= 15 is 0 Å². The summed E-state index contributed by atoms with van der Waals surface area (Å²) in [5.41, 5.74) is 1.82. The van der Waals surface area contributed by atoms with Gasteiger partial charge in [0.05, 0.1) is 5.69 Å². The summed E-state index contributed by atoms with van der Waals surface area (Å²) in [6, 6.07) is 6.50. The Labute approximate surface area is 91.8 Å². The van der Waals surface area contributed by atoms with Gasteiger partial charge < -0.3 is 5.32 Å². The lowest BCUT2D eigenvalue weighted by Crippen LogP contribution is -2.04. The zero-order chi connectivity index (χ0) is 10.7. The molecule has 0 radical (unpaired) electrons. The van der Waals surface area contributed by atoms with Crippen LogP contribution in [-0.4, -0.2) is 12.0 Å². The number of rotatable bonds is 3. The Balaban J connectivity index is 2.29. The molecule has 15 heavy (non-hydrogen) atoms. The number of hydrogen-bond acceptors (Lipinski definition) is 3. The van der Waals surface area contributed by atoms with Crippen LogP contribution >= 0.6 is 11.3 Å². The Morgan fingerprint density at radius 1 is 1.47 bits per heavy atom. The quantitative estimate of drug-likeness (QED) is 0.863. The second-order valence-corrected chi connectivity index (χ2v) is 4.04. The highest BCUT2D eigenvalue weighted by atomic mass is 32.1. The second kappa shape index (κ2) is 4.51. The van der Waals surface area contributed by atoms with Gasteiger partial charge in [-0.3, -0.25) is 0 Å². The number of aromatic nitrogens is 1. The van der Waals surface area contributed by atoms with E-state index in [0.29, 0.717) is 0 Å². The maximum atomic E-state index is 13.0. The van der Waals surface area contributed by atoms with Crippen molar-refractivity contribution < 1.29 is 4.39 Å². The number of halogens is 1. The van der Waals surface area contributed by atoms with Crippen LogP contribution in [0.1, 0.15) is 5.69 Å². The topological polar surface area (TPSA) is 24.9 Å². The molecule has 0 unspecified atom stereocenters. The lowest BCUT2D eigenvalue weighted by atomic mass is 10.2. The summed E-state index contributed by atoms with van der Waals surface area (Å²) >= 11 is 1.53. The van der Waals surface area contributed by atoms with Crippen molar-refractivity contribution in [1.29, 1.82) is 0 Å². The predicted octanol–water partition coefficient (Wildman–Crippen LogP) is 2.67. The van der Waals surface area contributed by atoms with Crippen molar-refractivity contribution in [2.24, 2.45) is 0 Å². The Hall–Kier alpha value is -1.26. The number of benzene rings is 1. The average Bonchev–Trinajstić information content (AvgIpc) is 2.67. The molecular formula is C11H11FN2S. The lowest BCUT2D eigenvalue weighted by molar-refractivity contribution is 0.628. The van der Waals surface area contributed by atoms with Crippen molar-refractivity contribution in [3.8, 4) is 10.6 Å². The van der Waals surface area contributed by atoms with Crippen LogP contribution in [0.5, 0.6) is 0 Å². The zero-order valence-electron chi connectivity index (χ0n) is 8.33. The third-order valence-electron chi connectivity index (χ3n) is 1.98. The Morgan fingerprint density at radius 2 is 2.33 bits per heavy atom. The van der Waals surface area contributed by atoms with Crippen molar-refractivity contribution in [1.82, 2.24) is 10.3 Å². The molecule has 0 atom stereocenters. The minimum Gasteiger partial charge on any atom is -0.314 e. The van der Waals surface area contributed by atoms with E-state index in [2.05, 4.69) is 10.3 Å². The molecule has 0 saturated carbocycles. The molecule has 0 aliphatic heterocycles. The van der Waals surface area contributed by atoms with Crippen molar-refractivity contribution in [2.75, 3.05) is 7.05 Å². The van der Waals surface area contributed by atoms with Crippen molar-refractivity contribution in [3.05, 3.63) is 41.2 Å². The first-order valence-electron chi connectivity index (χ1n) is 4.64. The highest BCUT2D eigenvalue weighted by Gasteiger charge is 2.04. The first kappa shape index (κ1) is 10.3. The SMILES string of the molecule is CNCc1csc(-c2cccc(F)c2)n1. The van der Waals surface area contributed by atoms with E-state index in [-0.39, 0.29) is 5.82 Å². The minimum absolute atomic E-state index is 0.224. The van der Waals surface area contributed by atoms with Gasteiger partial charge in [0.2, 0.25) is 0 Å². The maximum Gasteiger partial charge on any atom is 0.123 e. The molecule has 0 spiro atoms. The molecule has 2 aromatic rings. The van der Waals surface area contributed by atoms with E-state index in [4.69, 9.17) is 0 Å². The van der Waals surface area contributed by atoms with E-state index in [9.17, 15) is 4.39 Å². The number of thiazole rings is 1. The van der Waals surface area contributed by atoms with Crippen LogP contribution in [-0.2, 0) is 6.54 Å². The Kier molecular flexibility index (Phi) is 3.08. The van der Waals surface area contributed by atoms with Gasteiger partial charge in [-0.1, -0.05) is 12.1 Å². The van der Waals surface area contributed by atoms with Gasteiger partial charge in [0.15, 0.2) is 0 Å². The highest BCUT2D eigenvalue weighted by molar-refractivity contribution is 7.13. The molecule has 0 aliphatic rings. The van der Waals surface area contributed by atoms with Crippen molar-refractivity contribution in [2.45, 2.75) is 6.54 Å². The molecule has 0 aliphatic carbocycles. The van der Waals surface area contributed by atoms with Gasteiger partial charge in [0, 0.05) is 17.5 Å². The number of hydrogen-bond donors (Lipinski definition) is 1. The molecule has 1 aromatic carbocycles. The van der Waals surface area contributed by atoms with Crippen molar-refractivity contribution >= 4 is 11.3 Å². The summed E-state index contributed by atoms with van der Waals surface area (Å²) in [6.07, 6.45) is 0. The van der Waals surface area contributed by atoms with Gasteiger partial charge in [-0.15, -0.1) is 11.3 Å². The van der Waals surface area contributed by atoms with Gasteiger partial charge in [-0.25, -0.2) is 9.37 Å². The predicted molar refractivity (Wildman–Crippen MR) is 60.3 cm³/mol. The van der Waals surface area contributed by atoms with Crippen LogP contribution in [0, 0.1) is 5.82 Å². The fourth-order valence-electron chi connectivity index (χ4n) is 1.32. The van der Waals surface area contributed by atoms with Crippen LogP contribution in [0.25, 0.3) is 10.6 Å². The summed E-state index contributed by atoms with van der Waals surface area (Å²) < 4.78 is 13.0. The summed E-state index contributed by atoms with van der Waals surface area (Å²) in [7, 11) is 1.88. The zero-order valence-corrected chi connectivity index (χ0v) is 9.14. The second-order valence-electron chi connectivity index (χ2n) is 3.18. The summed E-state index contributed by atoms with van der Waals surface area (Å²) in [5.74, 6) is -0.224. The van der Waals surface area contributed by atoms with Crippen LogP contribution in [0.4, 0.5) is 4.39 Å². The molecule has 1 heterocycles. The Bertz CT molecular complexity index is 453. The number of nitrogens with zero attached hydrogens (tertiary/aromatic N) is 1. The maximum absolute atomic E-state index is 13.0. The molecule has 0 amide bonds. The molecule has 2 rings (SSSR count). The molecular weight excluding hydrogens is 211 g/mol. The van der Waals surface area contributed by atoms with E-state index in [1.165, 1.54) is 23.5 Å². The van der Waals surface area contributed by atoms with Crippen LogP contribution in [0.3, 0.4) is 0 Å². The Morgan fingerprint density at radius 3 is 3.07 bits per heavy atom. The van der Waals surface area contributed by atoms with Crippen LogP contribution in [0.15, 0.2) is 29.6 Å². The fraction of sp³-hybridized carbons (Fsp3) is 0.182.